The van der Waals surface area contributed by atoms with Gasteiger partial charge < -0.3 is 14.2 Å². The van der Waals surface area contributed by atoms with Crippen molar-refractivity contribution in [2.75, 3.05) is 26.2 Å². The van der Waals surface area contributed by atoms with Crippen LogP contribution in [0.5, 0.6) is 0 Å². The Kier molecular flexibility index (Phi) is 4.19. The van der Waals surface area contributed by atoms with Crippen molar-refractivity contribution in [3.05, 3.63) is 59.0 Å². The first-order valence-corrected chi connectivity index (χ1v) is 7.73. The molecule has 2 amide bonds. The van der Waals surface area contributed by atoms with Crippen molar-refractivity contribution in [2.24, 2.45) is 0 Å². The minimum Gasteiger partial charge on any atom is -0.472 e. The Morgan fingerprint density at radius 1 is 0.870 bits per heavy atom. The van der Waals surface area contributed by atoms with E-state index in [1.807, 2.05) is 30.9 Å². The van der Waals surface area contributed by atoms with Gasteiger partial charge in [-0.2, -0.15) is 0 Å². The summed E-state index contributed by atoms with van der Waals surface area (Å²) in [4.78, 5) is 28.4. The molecular weight excluding hydrogens is 292 g/mol. The molecule has 1 aromatic carbocycles. The molecule has 1 fully saturated rings. The van der Waals surface area contributed by atoms with E-state index in [1.54, 1.807) is 11.0 Å². The lowest BCUT2D eigenvalue weighted by Gasteiger charge is -2.34. The molecule has 0 atom stereocenters. The summed E-state index contributed by atoms with van der Waals surface area (Å²) < 4.78 is 4.95. The summed E-state index contributed by atoms with van der Waals surface area (Å²) in [5.74, 6) is -0.00976. The summed E-state index contributed by atoms with van der Waals surface area (Å²) in [6.07, 6.45) is 2.95. The normalized spacial score (nSPS) is 14.9. The predicted octanol–water partition coefficient (Wildman–Crippen LogP) is 2.49. The molecule has 0 radical (unpaired) electrons. The van der Waals surface area contributed by atoms with Gasteiger partial charge in [0.15, 0.2) is 0 Å². The zero-order valence-corrected chi connectivity index (χ0v) is 13.4. The van der Waals surface area contributed by atoms with Crippen molar-refractivity contribution in [3.8, 4) is 0 Å². The number of carbonyl (C=O) groups is 2. The summed E-state index contributed by atoms with van der Waals surface area (Å²) in [6.45, 7) is 6.17. The number of carbonyl (C=O) groups excluding carboxylic acids is 2. The molecule has 1 aliphatic rings. The molecule has 23 heavy (non-hydrogen) atoms. The molecule has 120 valence electrons. The predicted molar refractivity (Wildman–Crippen MR) is 86.4 cm³/mol. The molecule has 0 N–H and O–H groups in total. The highest BCUT2D eigenvalue weighted by atomic mass is 16.3. The minimum absolute atomic E-state index is 0.0345. The van der Waals surface area contributed by atoms with Crippen LogP contribution in [0.3, 0.4) is 0 Å². The maximum atomic E-state index is 12.6. The SMILES string of the molecule is Cc1cc(C)cc(C(=O)N2CCN(C(=O)c3ccoc3)CC2)c1. The number of piperazine rings is 1. The number of hydrogen-bond acceptors (Lipinski definition) is 3. The van der Waals surface area contributed by atoms with Crippen LogP contribution in [-0.4, -0.2) is 47.8 Å². The number of nitrogens with zero attached hydrogens (tertiary/aromatic N) is 2. The topological polar surface area (TPSA) is 53.8 Å². The van der Waals surface area contributed by atoms with Crippen LogP contribution in [-0.2, 0) is 0 Å². The van der Waals surface area contributed by atoms with E-state index < -0.39 is 0 Å². The Bertz CT molecular complexity index is 694. The van der Waals surface area contributed by atoms with Gasteiger partial charge in [-0.3, -0.25) is 9.59 Å². The van der Waals surface area contributed by atoms with Crippen LogP contribution >= 0.6 is 0 Å². The average molecular weight is 312 g/mol. The maximum absolute atomic E-state index is 12.6. The number of benzene rings is 1. The van der Waals surface area contributed by atoms with E-state index in [-0.39, 0.29) is 11.8 Å². The zero-order valence-electron chi connectivity index (χ0n) is 13.4. The van der Waals surface area contributed by atoms with Crippen molar-refractivity contribution < 1.29 is 14.0 Å². The molecule has 2 aromatic rings. The lowest BCUT2D eigenvalue weighted by atomic mass is 10.1. The van der Waals surface area contributed by atoms with Gasteiger partial charge in [0.2, 0.25) is 0 Å². The van der Waals surface area contributed by atoms with E-state index in [9.17, 15) is 9.59 Å². The Morgan fingerprint density at radius 3 is 1.87 bits per heavy atom. The van der Waals surface area contributed by atoms with Gasteiger partial charge in [0.05, 0.1) is 11.8 Å². The summed E-state index contributed by atoms with van der Waals surface area (Å²) in [5.41, 5.74) is 3.44. The molecular formula is C18H20N2O3. The van der Waals surface area contributed by atoms with Gasteiger partial charge in [-0.1, -0.05) is 17.2 Å². The average Bonchev–Trinajstić information content (AvgIpc) is 3.07. The third-order valence-electron chi connectivity index (χ3n) is 4.09. The van der Waals surface area contributed by atoms with Gasteiger partial charge in [-0.15, -0.1) is 0 Å². The Labute approximate surface area is 135 Å². The van der Waals surface area contributed by atoms with Gasteiger partial charge in [0.25, 0.3) is 11.8 Å². The highest BCUT2D eigenvalue weighted by molar-refractivity contribution is 5.96. The van der Waals surface area contributed by atoms with E-state index >= 15 is 0 Å². The lowest BCUT2D eigenvalue weighted by molar-refractivity contribution is 0.0535. The number of amides is 2. The Morgan fingerprint density at radius 2 is 1.39 bits per heavy atom. The molecule has 5 nitrogen and oxygen atoms in total. The molecule has 1 aromatic heterocycles. The smallest absolute Gasteiger partial charge is 0.257 e. The van der Waals surface area contributed by atoms with E-state index in [4.69, 9.17) is 4.42 Å². The molecule has 0 unspecified atom stereocenters. The quantitative estimate of drug-likeness (QED) is 0.856. The first-order chi connectivity index (χ1) is 11.0. The maximum Gasteiger partial charge on any atom is 0.257 e. The van der Waals surface area contributed by atoms with E-state index in [0.29, 0.717) is 31.7 Å². The van der Waals surface area contributed by atoms with E-state index in [2.05, 4.69) is 6.07 Å². The van der Waals surface area contributed by atoms with Crippen LogP contribution in [0.25, 0.3) is 0 Å². The molecule has 0 aliphatic carbocycles. The summed E-state index contributed by atoms with van der Waals surface area (Å²) in [5, 5.41) is 0. The van der Waals surface area contributed by atoms with Crippen LogP contribution in [0, 0.1) is 13.8 Å². The van der Waals surface area contributed by atoms with Crippen molar-refractivity contribution in [2.45, 2.75) is 13.8 Å². The summed E-state index contributed by atoms with van der Waals surface area (Å²) in [6, 6.07) is 7.55. The highest BCUT2D eigenvalue weighted by Gasteiger charge is 2.26. The number of rotatable bonds is 2. The third kappa shape index (κ3) is 3.28. The second-order valence-corrected chi connectivity index (χ2v) is 5.97. The minimum atomic E-state index is -0.0442. The fourth-order valence-electron chi connectivity index (χ4n) is 2.96. The second kappa shape index (κ2) is 6.28. The summed E-state index contributed by atoms with van der Waals surface area (Å²) in [7, 11) is 0. The zero-order chi connectivity index (χ0) is 16.4. The number of furan rings is 1. The molecule has 5 heteroatoms. The monoisotopic (exact) mass is 312 g/mol. The first kappa shape index (κ1) is 15.3. The van der Waals surface area contributed by atoms with Crippen molar-refractivity contribution in [3.63, 3.8) is 0 Å². The second-order valence-electron chi connectivity index (χ2n) is 5.97. The molecule has 1 aliphatic heterocycles. The Balaban J connectivity index is 1.64. The number of hydrogen-bond donors (Lipinski definition) is 0. The third-order valence-corrected chi connectivity index (χ3v) is 4.09. The summed E-state index contributed by atoms with van der Waals surface area (Å²) >= 11 is 0. The van der Waals surface area contributed by atoms with Crippen LogP contribution < -0.4 is 0 Å². The van der Waals surface area contributed by atoms with Crippen molar-refractivity contribution in [1.29, 1.82) is 0 Å². The van der Waals surface area contributed by atoms with Gasteiger partial charge in [-0.25, -0.2) is 0 Å². The van der Waals surface area contributed by atoms with Gasteiger partial charge in [-0.05, 0) is 32.0 Å². The van der Waals surface area contributed by atoms with Crippen LogP contribution in [0.2, 0.25) is 0 Å². The highest BCUT2D eigenvalue weighted by Crippen LogP contribution is 2.14. The van der Waals surface area contributed by atoms with Crippen LogP contribution in [0.1, 0.15) is 31.8 Å². The molecule has 0 bridgehead atoms. The fourth-order valence-corrected chi connectivity index (χ4v) is 2.96. The fraction of sp³-hybridized carbons (Fsp3) is 0.333. The lowest BCUT2D eigenvalue weighted by Crippen LogP contribution is -2.50. The molecule has 1 saturated heterocycles. The Hall–Kier alpha value is -2.56. The molecule has 0 spiro atoms. The first-order valence-electron chi connectivity index (χ1n) is 7.73. The van der Waals surface area contributed by atoms with Gasteiger partial charge in [0.1, 0.15) is 6.26 Å². The largest absolute Gasteiger partial charge is 0.472 e. The molecule has 2 heterocycles. The van der Waals surface area contributed by atoms with Crippen LogP contribution in [0.15, 0.2) is 41.2 Å². The molecule has 0 saturated carbocycles. The standard InChI is InChI=1S/C18H20N2O3/c1-13-9-14(2)11-16(10-13)18(22)20-6-4-19(5-7-20)17(21)15-3-8-23-12-15/h3,8-12H,4-7H2,1-2H3. The van der Waals surface area contributed by atoms with Crippen LogP contribution in [0.4, 0.5) is 0 Å². The van der Waals surface area contributed by atoms with E-state index in [0.717, 1.165) is 16.7 Å². The van der Waals surface area contributed by atoms with Gasteiger partial charge >= 0.3 is 0 Å². The number of aryl methyl sites for hydroxylation is 2. The van der Waals surface area contributed by atoms with Crippen molar-refractivity contribution in [1.82, 2.24) is 9.80 Å². The molecule has 3 rings (SSSR count). The van der Waals surface area contributed by atoms with E-state index in [1.165, 1.54) is 12.5 Å². The van der Waals surface area contributed by atoms with Crippen molar-refractivity contribution >= 4 is 11.8 Å². The van der Waals surface area contributed by atoms with Gasteiger partial charge in [0, 0.05) is 31.7 Å².